The SMILES string of the molecule is CCOC(=O)c1c(NC(=O)CSc2nnc(Cc3ccc(OC)cc3)n2C)sc2c1CCC2. The summed E-state index contributed by atoms with van der Waals surface area (Å²) in [5, 5.41) is 12.7. The molecule has 4 rings (SSSR count). The molecule has 1 N–H and O–H groups in total. The van der Waals surface area contributed by atoms with Gasteiger partial charge in [0.1, 0.15) is 16.6 Å². The van der Waals surface area contributed by atoms with Gasteiger partial charge in [-0.1, -0.05) is 23.9 Å². The van der Waals surface area contributed by atoms with Gasteiger partial charge in [0.05, 0.1) is 25.0 Å². The lowest BCUT2D eigenvalue weighted by atomic mass is 10.1. The van der Waals surface area contributed by atoms with Crippen molar-refractivity contribution in [2.45, 2.75) is 37.8 Å². The number of thiophene rings is 1. The van der Waals surface area contributed by atoms with E-state index < -0.39 is 0 Å². The fourth-order valence-electron chi connectivity index (χ4n) is 3.75. The van der Waals surface area contributed by atoms with Crippen molar-refractivity contribution in [1.82, 2.24) is 14.8 Å². The zero-order valence-electron chi connectivity index (χ0n) is 18.8. The lowest BCUT2D eigenvalue weighted by Gasteiger charge is -2.08. The number of esters is 1. The number of nitrogens with one attached hydrogen (secondary N) is 1. The van der Waals surface area contributed by atoms with Crippen molar-refractivity contribution in [3.05, 3.63) is 51.7 Å². The van der Waals surface area contributed by atoms with Crippen molar-refractivity contribution < 1.29 is 19.1 Å². The maximum Gasteiger partial charge on any atom is 0.341 e. The molecule has 10 heteroatoms. The summed E-state index contributed by atoms with van der Waals surface area (Å²) in [6, 6.07) is 7.81. The van der Waals surface area contributed by atoms with E-state index in [4.69, 9.17) is 9.47 Å². The van der Waals surface area contributed by atoms with Gasteiger partial charge in [-0.25, -0.2) is 4.79 Å². The smallest absolute Gasteiger partial charge is 0.341 e. The maximum atomic E-state index is 12.7. The third-order valence-electron chi connectivity index (χ3n) is 5.43. The monoisotopic (exact) mass is 486 g/mol. The van der Waals surface area contributed by atoms with Crippen LogP contribution in [0.1, 0.15) is 45.5 Å². The van der Waals surface area contributed by atoms with Gasteiger partial charge in [0.15, 0.2) is 5.16 Å². The van der Waals surface area contributed by atoms with Crippen LogP contribution < -0.4 is 10.1 Å². The molecule has 0 bridgehead atoms. The Morgan fingerprint density at radius 3 is 2.73 bits per heavy atom. The molecule has 1 aliphatic rings. The van der Waals surface area contributed by atoms with Crippen LogP contribution in [0.2, 0.25) is 0 Å². The number of nitrogens with zero attached hydrogens (tertiary/aromatic N) is 3. The quantitative estimate of drug-likeness (QED) is 0.362. The number of methoxy groups -OCH3 is 1. The molecule has 1 aliphatic carbocycles. The van der Waals surface area contributed by atoms with Crippen molar-refractivity contribution in [2.24, 2.45) is 7.05 Å². The highest BCUT2D eigenvalue weighted by Gasteiger charge is 2.28. The Labute approximate surface area is 200 Å². The topological polar surface area (TPSA) is 95.3 Å². The molecule has 174 valence electrons. The van der Waals surface area contributed by atoms with Crippen LogP contribution >= 0.6 is 23.1 Å². The van der Waals surface area contributed by atoms with Gasteiger partial charge in [-0.2, -0.15) is 0 Å². The zero-order valence-corrected chi connectivity index (χ0v) is 20.5. The van der Waals surface area contributed by atoms with Gasteiger partial charge in [0.25, 0.3) is 0 Å². The summed E-state index contributed by atoms with van der Waals surface area (Å²) in [6.07, 6.45) is 3.44. The highest BCUT2D eigenvalue weighted by Crippen LogP contribution is 2.39. The number of rotatable bonds is 9. The van der Waals surface area contributed by atoms with Gasteiger partial charge in [-0.05, 0) is 49.4 Å². The largest absolute Gasteiger partial charge is 0.497 e. The van der Waals surface area contributed by atoms with Gasteiger partial charge in [0.2, 0.25) is 5.91 Å². The Hall–Kier alpha value is -2.85. The second kappa shape index (κ2) is 10.4. The van der Waals surface area contributed by atoms with E-state index in [0.29, 0.717) is 28.7 Å². The summed E-state index contributed by atoms with van der Waals surface area (Å²) >= 11 is 2.79. The molecule has 0 saturated carbocycles. The fraction of sp³-hybridized carbons (Fsp3) is 0.391. The van der Waals surface area contributed by atoms with Gasteiger partial charge in [-0.15, -0.1) is 21.5 Å². The predicted molar refractivity (Wildman–Crippen MR) is 128 cm³/mol. The summed E-state index contributed by atoms with van der Waals surface area (Å²) in [7, 11) is 3.53. The number of ether oxygens (including phenoxy) is 2. The molecule has 3 aromatic rings. The Balaban J connectivity index is 1.38. The molecule has 0 unspecified atom stereocenters. The lowest BCUT2D eigenvalue weighted by Crippen LogP contribution is -2.17. The van der Waals surface area contributed by atoms with E-state index in [1.165, 1.54) is 23.1 Å². The standard InChI is InChI=1S/C23H26N4O4S2/c1-4-31-22(29)20-16-6-5-7-17(16)33-21(20)24-19(28)13-32-23-26-25-18(27(23)2)12-14-8-10-15(30-3)11-9-14/h8-11H,4-7,12-13H2,1-3H3,(H,24,28). The minimum Gasteiger partial charge on any atom is -0.497 e. The van der Waals surface area contributed by atoms with Crippen LogP contribution in [0.15, 0.2) is 29.4 Å². The first-order valence-electron chi connectivity index (χ1n) is 10.8. The minimum absolute atomic E-state index is 0.166. The van der Waals surface area contributed by atoms with E-state index in [-0.39, 0.29) is 17.6 Å². The number of amides is 1. The van der Waals surface area contributed by atoms with Crippen molar-refractivity contribution in [3.8, 4) is 5.75 Å². The maximum absolute atomic E-state index is 12.7. The van der Waals surface area contributed by atoms with Crippen LogP contribution in [-0.4, -0.2) is 46.1 Å². The molecule has 2 aromatic heterocycles. The van der Waals surface area contributed by atoms with Crippen molar-refractivity contribution in [1.29, 1.82) is 0 Å². The van der Waals surface area contributed by atoms with Crippen LogP contribution in [0, 0.1) is 0 Å². The summed E-state index contributed by atoms with van der Waals surface area (Å²) in [5.74, 6) is 1.23. The molecule has 1 amide bonds. The molecule has 8 nitrogen and oxygen atoms in total. The molecule has 0 spiro atoms. The highest BCUT2D eigenvalue weighted by molar-refractivity contribution is 7.99. The Bertz CT molecular complexity index is 1150. The number of carbonyl (C=O) groups is 2. The van der Waals surface area contributed by atoms with Gasteiger partial charge >= 0.3 is 5.97 Å². The van der Waals surface area contributed by atoms with Crippen LogP contribution in [0.25, 0.3) is 0 Å². The van der Waals surface area contributed by atoms with Gasteiger partial charge in [0, 0.05) is 18.3 Å². The molecule has 0 atom stereocenters. The molecular weight excluding hydrogens is 460 g/mol. The number of carbonyl (C=O) groups excluding carboxylic acids is 2. The van der Waals surface area contributed by atoms with E-state index in [1.807, 2.05) is 35.9 Å². The number of hydrogen-bond donors (Lipinski definition) is 1. The van der Waals surface area contributed by atoms with E-state index in [1.54, 1.807) is 14.0 Å². The average molecular weight is 487 g/mol. The molecule has 2 heterocycles. The van der Waals surface area contributed by atoms with Crippen LogP contribution in [0.3, 0.4) is 0 Å². The molecule has 1 aromatic carbocycles. The molecule has 0 saturated heterocycles. The summed E-state index contributed by atoms with van der Waals surface area (Å²) in [5.41, 5.74) is 2.64. The molecular formula is C23H26N4O4S2. The van der Waals surface area contributed by atoms with Gasteiger partial charge in [-0.3, -0.25) is 4.79 Å². The summed E-state index contributed by atoms with van der Waals surface area (Å²) in [6.45, 7) is 2.08. The van der Waals surface area contributed by atoms with Crippen molar-refractivity contribution in [2.75, 3.05) is 24.8 Å². The van der Waals surface area contributed by atoms with E-state index in [0.717, 1.165) is 46.8 Å². The first-order chi connectivity index (χ1) is 16.0. The van der Waals surface area contributed by atoms with Gasteiger partial charge < -0.3 is 19.4 Å². The predicted octanol–water partition coefficient (Wildman–Crippen LogP) is 3.87. The van der Waals surface area contributed by atoms with Crippen LogP contribution in [-0.2, 0) is 35.8 Å². The van der Waals surface area contributed by atoms with Crippen LogP contribution in [0.5, 0.6) is 5.75 Å². The molecule has 0 radical (unpaired) electrons. The Kier molecular flexibility index (Phi) is 7.34. The lowest BCUT2D eigenvalue weighted by molar-refractivity contribution is -0.113. The number of thioether (sulfide) groups is 1. The van der Waals surface area contributed by atoms with E-state index in [9.17, 15) is 9.59 Å². The number of benzene rings is 1. The third-order valence-corrected chi connectivity index (χ3v) is 7.66. The third kappa shape index (κ3) is 5.22. The first-order valence-corrected chi connectivity index (χ1v) is 12.6. The second-order valence-corrected chi connectivity index (χ2v) is 9.65. The van der Waals surface area contributed by atoms with Crippen molar-refractivity contribution in [3.63, 3.8) is 0 Å². The average Bonchev–Trinajstić information content (AvgIpc) is 3.48. The van der Waals surface area contributed by atoms with Crippen molar-refractivity contribution >= 4 is 40.0 Å². The number of hydrogen-bond acceptors (Lipinski definition) is 8. The van der Waals surface area contributed by atoms with E-state index in [2.05, 4.69) is 15.5 Å². The zero-order chi connectivity index (χ0) is 23.4. The fourth-order valence-corrected chi connectivity index (χ4v) is 5.78. The Morgan fingerprint density at radius 1 is 1.21 bits per heavy atom. The molecule has 33 heavy (non-hydrogen) atoms. The minimum atomic E-state index is -0.365. The highest BCUT2D eigenvalue weighted by atomic mass is 32.2. The number of aromatic nitrogens is 3. The number of aryl methyl sites for hydroxylation is 1. The molecule has 0 fully saturated rings. The normalized spacial score (nSPS) is 12.5. The Morgan fingerprint density at radius 2 is 2.00 bits per heavy atom. The number of anilines is 1. The summed E-state index contributed by atoms with van der Waals surface area (Å²) < 4.78 is 12.3. The van der Waals surface area contributed by atoms with Crippen LogP contribution in [0.4, 0.5) is 5.00 Å². The summed E-state index contributed by atoms with van der Waals surface area (Å²) in [4.78, 5) is 26.3. The second-order valence-electron chi connectivity index (χ2n) is 7.60. The number of fused-ring (bicyclic) bond motifs is 1. The van der Waals surface area contributed by atoms with E-state index >= 15 is 0 Å². The first kappa shape index (κ1) is 23.3. The molecule has 0 aliphatic heterocycles.